The lowest BCUT2D eigenvalue weighted by molar-refractivity contribution is -0.0348. The zero-order chi connectivity index (χ0) is 13.0. The molecular weight excluding hydrogens is 244 g/mol. The van der Waals surface area contributed by atoms with Gasteiger partial charge in [-0.1, -0.05) is 30.3 Å². The molecular formula is C15H18O2S. The molecule has 96 valence electrons. The Bertz CT molecular complexity index is 478. The van der Waals surface area contributed by atoms with Crippen molar-refractivity contribution in [3.05, 3.63) is 57.8 Å². The third-order valence-corrected chi connectivity index (χ3v) is 4.02. The molecule has 18 heavy (non-hydrogen) atoms. The second-order valence-electron chi connectivity index (χ2n) is 4.20. The Morgan fingerprint density at radius 1 is 1.22 bits per heavy atom. The normalized spacial score (nSPS) is 14.4. The van der Waals surface area contributed by atoms with E-state index >= 15 is 0 Å². The van der Waals surface area contributed by atoms with Gasteiger partial charge in [0.1, 0.15) is 12.2 Å². The van der Waals surface area contributed by atoms with Crippen molar-refractivity contribution in [1.82, 2.24) is 0 Å². The molecule has 2 nitrogen and oxygen atoms in total. The van der Waals surface area contributed by atoms with Gasteiger partial charge in [-0.15, -0.1) is 11.3 Å². The Morgan fingerprint density at radius 2 is 1.94 bits per heavy atom. The van der Waals surface area contributed by atoms with Gasteiger partial charge in [0.05, 0.1) is 0 Å². The fourth-order valence-electron chi connectivity index (χ4n) is 2.02. The van der Waals surface area contributed by atoms with E-state index in [1.807, 2.05) is 55.6 Å². The van der Waals surface area contributed by atoms with Gasteiger partial charge < -0.3 is 9.84 Å². The van der Waals surface area contributed by atoms with E-state index in [1.165, 1.54) is 0 Å². The fraction of sp³-hybridized carbons (Fsp3) is 0.333. The number of ether oxygens (including phenoxy) is 1. The van der Waals surface area contributed by atoms with Crippen LogP contribution in [0.3, 0.4) is 0 Å². The number of benzene rings is 1. The summed E-state index contributed by atoms with van der Waals surface area (Å²) in [6.07, 6.45) is -0.902. The molecule has 2 aromatic rings. The number of hydrogen-bond acceptors (Lipinski definition) is 3. The van der Waals surface area contributed by atoms with Gasteiger partial charge in [0.2, 0.25) is 0 Å². The van der Waals surface area contributed by atoms with Crippen LogP contribution in [0.4, 0.5) is 0 Å². The highest BCUT2D eigenvalue weighted by Gasteiger charge is 2.25. The molecule has 1 heterocycles. The van der Waals surface area contributed by atoms with Crippen molar-refractivity contribution in [2.75, 3.05) is 6.61 Å². The van der Waals surface area contributed by atoms with Crippen LogP contribution in [0.25, 0.3) is 0 Å². The summed E-state index contributed by atoms with van der Waals surface area (Å²) in [5.74, 6) is 0. The van der Waals surface area contributed by atoms with E-state index < -0.39 is 6.10 Å². The quantitative estimate of drug-likeness (QED) is 0.886. The lowest BCUT2D eigenvalue weighted by Gasteiger charge is -2.23. The molecule has 0 aliphatic heterocycles. The summed E-state index contributed by atoms with van der Waals surface area (Å²) >= 11 is 1.58. The average Bonchev–Trinajstić information content (AvgIpc) is 2.82. The van der Waals surface area contributed by atoms with Crippen molar-refractivity contribution < 1.29 is 9.84 Å². The molecule has 0 amide bonds. The fourth-order valence-corrected chi connectivity index (χ4v) is 2.95. The predicted octanol–water partition coefficient (Wildman–Crippen LogP) is 3.87. The van der Waals surface area contributed by atoms with Crippen molar-refractivity contribution in [1.29, 1.82) is 0 Å². The van der Waals surface area contributed by atoms with Gasteiger partial charge >= 0.3 is 0 Å². The highest BCUT2D eigenvalue weighted by atomic mass is 32.1. The molecule has 0 aliphatic rings. The number of thiophene rings is 1. The van der Waals surface area contributed by atoms with E-state index in [9.17, 15) is 5.11 Å². The SMILES string of the molecule is CCOC(c1ccccc1)C(O)c1sccc1C. The van der Waals surface area contributed by atoms with Crippen LogP contribution in [-0.2, 0) is 4.74 Å². The molecule has 0 radical (unpaired) electrons. The van der Waals surface area contributed by atoms with Crippen LogP contribution in [-0.4, -0.2) is 11.7 Å². The van der Waals surface area contributed by atoms with Crippen LogP contribution in [0.1, 0.15) is 35.1 Å². The molecule has 2 atom stereocenters. The molecule has 0 aliphatic carbocycles. The van der Waals surface area contributed by atoms with E-state index in [2.05, 4.69) is 0 Å². The maximum absolute atomic E-state index is 10.5. The molecule has 2 unspecified atom stereocenters. The summed E-state index contributed by atoms with van der Waals surface area (Å²) in [6, 6.07) is 11.9. The molecule has 2 rings (SSSR count). The first-order valence-corrected chi connectivity index (χ1v) is 7.00. The van der Waals surface area contributed by atoms with Crippen LogP contribution < -0.4 is 0 Å². The van der Waals surface area contributed by atoms with Crippen LogP contribution in [0, 0.1) is 6.92 Å². The largest absolute Gasteiger partial charge is 0.384 e. The van der Waals surface area contributed by atoms with Crippen LogP contribution in [0.2, 0.25) is 0 Å². The zero-order valence-electron chi connectivity index (χ0n) is 10.7. The third kappa shape index (κ3) is 2.80. The molecule has 1 aromatic carbocycles. The second kappa shape index (κ2) is 6.14. The van der Waals surface area contributed by atoms with Gasteiger partial charge in [-0.2, -0.15) is 0 Å². The standard InChI is InChI=1S/C15H18O2S/c1-3-17-14(12-7-5-4-6-8-12)13(16)15-11(2)9-10-18-15/h4-10,13-14,16H,3H2,1-2H3. The molecule has 0 bridgehead atoms. The van der Waals surface area contributed by atoms with Gasteiger partial charge in [-0.3, -0.25) is 0 Å². The Morgan fingerprint density at radius 3 is 2.50 bits per heavy atom. The number of aryl methyl sites for hydroxylation is 1. The summed E-state index contributed by atoms with van der Waals surface area (Å²) in [6.45, 7) is 4.55. The van der Waals surface area contributed by atoms with E-state index in [4.69, 9.17) is 4.74 Å². The monoisotopic (exact) mass is 262 g/mol. The first-order valence-electron chi connectivity index (χ1n) is 6.12. The minimum atomic E-state index is -0.604. The van der Waals surface area contributed by atoms with Crippen molar-refractivity contribution >= 4 is 11.3 Å². The maximum atomic E-state index is 10.5. The lowest BCUT2D eigenvalue weighted by atomic mass is 10.0. The number of aliphatic hydroxyl groups excluding tert-OH is 1. The van der Waals surface area contributed by atoms with Gasteiger partial charge in [-0.25, -0.2) is 0 Å². The number of rotatable bonds is 5. The van der Waals surface area contributed by atoms with Gasteiger partial charge in [0.25, 0.3) is 0 Å². The highest BCUT2D eigenvalue weighted by molar-refractivity contribution is 7.10. The van der Waals surface area contributed by atoms with E-state index in [0.29, 0.717) is 6.61 Å². The Kier molecular flexibility index (Phi) is 4.53. The molecule has 0 saturated carbocycles. The van der Waals surface area contributed by atoms with E-state index in [1.54, 1.807) is 11.3 Å². The van der Waals surface area contributed by atoms with Gasteiger partial charge in [-0.05, 0) is 36.4 Å². The summed E-state index contributed by atoms with van der Waals surface area (Å²) in [5, 5.41) is 12.5. The van der Waals surface area contributed by atoms with Gasteiger partial charge in [0, 0.05) is 11.5 Å². The number of aliphatic hydroxyl groups is 1. The summed E-state index contributed by atoms with van der Waals surface area (Å²) in [4.78, 5) is 0.984. The molecule has 1 N–H and O–H groups in total. The third-order valence-electron chi connectivity index (χ3n) is 2.93. The number of hydrogen-bond donors (Lipinski definition) is 1. The van der Waals surface area contributed by atoms with Crippen LogP contribution in [0.15, 0.2) is 41.8 Å². The Labute approximate surface area is 112 Å². The minimum Gasteiger partial charge on any atom is -0.384 e. The molecule has 0 spiro atoms. The van der Waals surface area contributed by atoms with E-state index in [0.717, 1.165) is 16.0 Å². The van der Waals surface area contributed by atoms with E-state index in [-0.39, 0.29) is 6.10 Å². The Balaban J connectivity index is 2.28. The summed E-state index contributed by atoms with van der Waals surface area (Å²) < 4.78 is 5.73. The molecule has 0 fully saturated rings. The topological polar surface area (TPSA) is 29.5 Å². The first kappa shape index (κ1) is 13.3. The van der Waals surface area contributed by atoms with Gasteiger partial charge in [0.15, 0.2) is 0 Å². The zero-order valence-corrected chi connectivity index (χ0v) is 11.5. The van der Waals surface area contributed by atoms with Crippen molar-refractivity contribution in [3.8, 4) is 0 Å². The smallest absolute Gasteiger partial charge is 0.119 e. The molecule has 3 heteroatoms. The molecule has 0 saturated heterocycles. The van der Waals surface area contributed by atoms with Crippen molar-refractivity contribution in [3.63, 3.8) is 0 Å². The second-order valence-corrected chi connectivity index (χ2v) is 5.15. The highest BCUT2D eigenvalue weighted by Crippen LogP contribution is 2.36. The Hall–Kier alpha value is -1.16. The predicted molar refractivity (Wildman–Crippen MR) is 74.8 cm³/mol. The maximum Gasteiger partial charge on any atom is 0.119 e. The summed E-state index contributed by atoms with van der Waals surface area (Å²) in [5.41, 5.74) is 2.13. The summed E-state index contributed by atoms with van der Waals surface area (Å²) in [7, 11) is 0. The first-order chi connectivity index (χ1) is 8.74. The average molecular weight is 262 g/mol. The minimum absolute atomic E-state index is 0.298. The van der Waals surface area contributed by atoms with Crippen LogP contribution in [0.5, 0.6) is 0 Å². The van der Waals surface area contributed by atoms with Crippen LogP contribution >= 0.6 is 11.3 Å². The van der Waals surface area contributed by atoms with Crippen molar-refractivity contribution in [2.45, 2.75) is 26.1 Å². The molecule has 1 aromatic heterocycles. The lowest BCUT2D eigenvalue weighted by Crippen LogP contribution is -2.14. The van der Waals surface area contributed by atoms with Crippen molar-refractivity contribution in [2.24, 2.45) is 0 Å².